The minimum Gasteiger partial charge on any atom is -0.0619 e. The molecule has 2 unspecified atom stereocenters. The van der Waals surface area contributed by atoms with Crippen LogP contribution in [0.5, 0.6) is 0 Å². The van der Waals surface area contributed by atoms with E-state index in [0.29, 0.717) is 5.92 Å². The van der Waals surface area contributed by atoms with E-state index in [1.54, 1.807) is 11.1 Å². The summed E-state index contributed by atoms with van der Waals surface area (Å²) in [6, 6.07) is 16.1. The summed E-state index contributed by atoms with van der Waals surface area (Å²) < 4.78 is 0. The molecule has 2 atom stereocenters. The summed E-state index contributed by atoms with van der Waals surface area (Å²) >= 11 is 0. The molecule has 0 spiro atoms. The zero-order chi connectivity index (χ0) is 14.1. The van der Waals surface area contributed by atoms with Gasteiger partial charge < -0.3 is 0 Å². The first-order valence-electron chi connectivity index (χ1n) is 7.78. The zero-order valence-corrected chi connectivity index (χ0v) is 12.8. The van der Waals surface area contributed by atoms with Gasteiger partial charge in [-0.1, -0.05) is 60.5 Å². The van der Waals surface area contributed by atoms with Crippen molar-refractivity contribution in [1.29, 1.82) is 0 Å². The molecule has 0 radical (unpaired) electrons. The second kappa shape index (κ2) is 5.44. The predicted molar refractivity (Wildman–Crippen MR) is 86.3 cm³/mol. The molecular formula is C20H24. The minimum absolute atomic E-state index is 0.682. The monoisotopic (exact) mass is 264 g/mol. The highest BCUT2D eigenvalue weighted by atomic mass is 14.3. The lowest BCUT2D eigenvalue weighted by Crippen LogP contribution is -2.20. The Balaban J connectivity index is 1.91. The minimum atomic E-state index is 0.682. The lowest BCUT2D eigenvalue weighted by Gasteiger charge is -2.32. The van der Waals surface area contributed by atoms with Gasteiger partial charge in [0.15, 0.2) is 0 Å². The molecule has 0 aliphatic heterocycles. The number of hydrogen-bond acceptors (Lipinski definition) is 0. The van der Waals surface area contributed by atoms with E-state index in [4.69, 9.17) is 0 Å². The van der Waals surface area contributed by atoms with Crippen LogP contribution in [-0.4, -0.2) is 0 Å². The average molecular weight is 264 g/mol. The Bertz CT molecular complexity index is 592. The van der Waals surface area contributed by atoms with Crippen LogP contribution in [0.1, 0.15) is 47.1 Å². The quantitative estimate of drug-likeness (QED) is 0.698. The van der Waals surface area contributed by atoms with Crippen molar-refractivity contribution >= 4 is 0 Å². The smallest absolute Gasteiger partial charge is 0.00929 e. The van der Waals surface area contributed by atoms with Crippen molar-refractivity contribution in [1.82, 2.24) is 0 Å². The van der Waals surface area contributed by atoms with E-state index in [0.717, 1.165) is 5.92 Å². The third-order valence-electron chi connectivity index (χ3n) is 4.83. The molecule has 0 fully saturated rings. The molecule has 104 valence electrons. The first-order valence-corrected chi connectivity index (χ1v) is 7.78. The number of aryl methyl sites for hydroxylation is 3. The maximum atomic E-state index is 2.42. The molecule has 0 bridgehead atoms. The van der Waals surface area contributed by atoms with Crippen molar-refractivity contribution in [2.45, 2.75) is 46.0 Å². The van der Waals surface area contributed by atoms with Crippen LogP contribution >= 0.6 is 0 Å². The standard InChI is InChI=1S/C20H24/c1-14-4-8-17(9-5-14)13-20-16(3)7-10-18-12-15(2)6-11-19(18)20/h4-6,8-9,11-12,16,20H,7,10,13H2,1-3H3. The van der Waals surface area contributed by atoms with Crippen LogP contribution in [0.25, 0.3) is 0 Å². The SMILES string of the molecule is Cc1ccc(CC2c3ccc(C)cc3CCC2C)cc1. The van der Waals surface area contributed by atoms with E-state index < -0.39 is 0 Å². The summed E-state index contributed by atoms with van der Waals surface area (Å²) in [5.41, 5.74) is 7.39. The molecule has 0 aromatic heterocycles. The Kier molecular flexibility index (Phi) is 3.65. The second-order valence-corrected chi connectivity index (χ2v) is 6.51. The fourth-order valence-electron chi connectivity index (χ4n) is 3.49. The lowest BCUT2D eigenvalue weighted by atomic mass is 9.73. The Hall–Kier alpha value is -1.56. The normalized spacial score (nSPS) is 21.6. The van der Waals surface area contributed by atoms with Crippen molar-refractivity contribution in [3.05, 3.63) is 70.3 Å². The summed E-state index contributed by atoms with van der Waals surface area (Å²) in [4.78, 5) is 0. The fourth-order valence-corrected chi connectivity index (χ4v) is 3.49. The second-order valence-electron chi connectivity index (χ2n) is 6.51. The van der Waals surface area contributed by atoms with Crippen molar-refractivity contribution < 1.29 is 0 Å². The van der Waals surface area contributed by atoms with Crippen molar-refractivity contribution in [3.8, 4) is 0 Å². The topological polar surface area (TPSA) is 0 Å². The predicted octanol–water partition coefficient (Wildman–Crippen LogP) is 5.21. The van der Waals surface area contributed by atoms with Crippen molar-refractivity contribution in [3.63, 3.8) is 0 Å². The van der Waals surface area contributed by atoms with Gasteiger partial charge in [0.2, 0.25) is 0 Å². The van der Waals surface area contributed by atoms with E-state index in [1.807, 2.05) is 0 Å². The average Bonchev–Trinajstić information content (AvgIpc) is 2.44. The highest BCUT2D eigenvalue weighted by Crippen LogP contribution is 2.38. The third kappa shape index (κ3) is 2.65. The van der Waals surface area contributed by atoms with Gasteiger partial charge in [0.1, 0.15) is 0 Å². The molecule has 1 aliphatic rings. The largest absolute Gasteiger partial charge is 0.0619 e. The summed E-state index contributed by atoms with van der Waals surface area (Å²) in [7, 11) is 0. The molecule has 0 heterocycles. The van der Waals surface area contributed by atoms with Gasteiger partial charge in [0, 0.05) is 0 Å². The summed E-state index contributed by atoms with van der Waals surface area (Å²) in [6.07, 6.45) is 3.76. The van der Waals surface area contributed by atoms with Crippen LogP contribution in [0.4, 0.5) is 0 Å². The molecule has 0 N–H and O–H groups in total. The number of rotatable bonds is 2. The van der Waals surface area contributed by atoms with E-state index in [9.17, 15) is 0 Å². The summed E-state index contributed by atoms with van der Waals surface area (Å²) in [5, 5.41) is 0. The van der Waals surface area contributed by atoms with Crippen LogP contribution < -0.4 is 0 Å². The molecule has 0 saturated carbocycles. The highest BCUT2D eigenvalue weighted by molar-refractivity contribution is 5.38. The summed E-state index contributed by atoms with van der Waals surface area (Å²) in [5.74, 6) is 1.47. The fraction of sp³-hybridized carbons (Fsp3) is 0.400. The molecule has 1 aliphatic carbocycles. The van der Waals surface area contributed by atoms with Crippen molar-refractivity contribution in [2.75, 3.05) is 0 Å². The summed E-state index contributed by atoms with van der Waals surface area (Å²) in [6.45, 7) is 6.78. The molecule has 3 rings (SSSR count). The first-order chi connectivity index (χ1) is 9.63. The van der Waals surface area contributed by atoms with Gasteiger partial charge in [0.05, 0.1) is 0 Å². The Morgan fingerprint density at radius 2 is 1.65 bits per heavy atom. The number of hydrogen-bond donors (Lipinski definition) is 0. The van der Waals surface area contributed by atoms with Gasteiger partial charge in [-0.3, -0.25) is 0 Å². The first kappa shape index (κ1) is 13.4. The lowest BCUT2D eigenvalue weighted by molar-refractivity contribution is 0.400. The van der Waals surface area contributed by atoms with Crippen LogP contribution in [0, 0.1) is 19.8 Å². The maximum absolute atomic E-state index is 2.42. The van der Waals surface area contributed by atoms with Gasteiger partial charge >= 0.3 is 0 Å². The zero-order valence-electron chi connectivity index (χ0n) is 12.8. The molecule has 0 heteroatoms. The van der Waals surface area contributed by atoms with E-state index in [1.165, 1.54) is 36.0 Å². The number of fused-ring (bicyclic) bond motifs is 1. The van der Waals surface area contributed by atoms with Gasteiger partial charge in [-0.2, -0.15) is 0 Å². The van der Waals surface area contributed by atoms with Crippen LogP contribution in [0.3, 0.4) is 0 Å². The molecule has 20 heavy (non-hydrogen) atoms. The maximum Gasteiger partial charge on any atom is -0.00929 e. The van der Waals surface area contributed by atoms with Gasteiger partial charge in [0.25, 0.3) is 0 Å². The number of benzene rings is 2. The molecule has 2 aromatic rings. The van der Waals surface area contributed by atoms with Gasteiger partial charge in [-0.25, -0.2) is 0 Å². The van der Waals surface area contributed by atoms with E-state index in [-0.39, 0.29) is 0 Å². The Morgan fingerprint density at radius 3 is 2.40 bits per heavy atom. The van der Waals surface area contributed by atoms with Gasteiger partial charge in [-0.05, 0) is 61.6 Å². The Labute approximate surface area is 122 Å². The van der Waals surface area contributed by atoms with Crippen LogP contribution in [0.15, 0.2) is 42.5 Å². The molecule has 0 nitrogen and oxygen atoms in total. The van der Waals surface area contributed by atoms with Gasteiger partial charge in [-0.15, -0.1) is 0 Å². The van der Waals surface area contributed by atoms with Crippen LogP contribution in [0.2, 0.25) is 0 Å². The molecule has 0 amide bonds. The third-order valence-corrected chi connectivity index (χ3v) is 4.83. The van der Waals surface area contributed by atoms with E-state index in [2.05, 4.69) is 63.2 Å². The molecule has 2 aromatic carbocycles. The van der Waals surface area contributed by atoms with Crippen LogP contribution in [-0.2, 0) is 12.8 Å². The molecule has 0 saturated heterocycles. The van der Waals surface area contributed by atoms with E-state index >= 15 is 0 Å². The van der Waals surface area contributed by atoms with Crippen molar-refractivity contribution in [2.24, 2.45) is 5.92 Å². The Morgan fingerprint density at radius 1 is 0.950 bits per heavy atom. The molecular weight excluding hydrogens is 240 g/mol. The highest BCUT2D eigenvalue weighted by Gasteiger charge is 2.26.